The molecule has 4 aromatic rings. The summed E-state index contributed by atoms with van der Waals surface area (Å²) in [5.41, 5.74) is 1.41. The standard InChI is InChI=1S/C19H20ClN5O2S2/c20-17-18(25-12-13-28-19(25)21-17)29(26,27)22-15-5-3-4-14-6-9-24(16(14)15)11-10-23-7-1-2-8-23/h3-6,9,12-13,22H,1-2,7-8,10-11H2. The zero-order chi connectivity index (χ0) is 20.0. The summed E-state index contributed by atoms with van der Waals surface area (Å²) in [6.45, 7) is 4.03. The molecule has 1 aliphatic heterocycles. The lowest BCUT2D eigenvalue weighted by atomic mass is 10.2. The normalized spacial score (nSPS) is 15.6. The van der Waals surface area contributed by atoms with Crippen molar-refractivity contribution in [3.8, 4) is 0 Å². The molecule has 1 fully saturated rings. The van der Waals surface area contributed by atoms with Crippen LogP contribution in [0.4, 0.5) is 5.69 Å². The lowest BCUT2D eigenvalue weighted by molar-refractivity contribution is 0.324. The summed E-state index contributed by atoms with van der Waals surface area (Å²) in [5.74, 6) is 0. The van der Waals surface area contributed by atoms with Crippen LogP contribution in [0.5, 0.6) is 0 Å². The van der Waals surface area contributed by atoms with Gasteiger partial charge in [0.15, 0.2) is 15.1 Å². The van der Waals surface area contributed by atoms with Crippen LogP contribution in [0.25, 0.3) is 15.9 Å². The van der Waals surface area contributed by atoms with Crippen molar-refractivity contribution in [2.75, 3.05) is 24.4 Å². The first-order valence-electron chi connectivity index (χ1n) is 9.47. The van der Waals surface area contributed by atoms with Gasteiger partial charge in [-0.25, -0.2) is 4.98 Å². The summed E-state index contributed by atoms with van der Waals surface area (Å²) >= 11 is 7.49. The van der Waals surface area contributed by atoms with Gasteiger partial charge in [0.2, 0.25) is 0 Å². The van der Waals surface area contributed by atoms with E-state index in [0.717, 1.165) is 37.1 Å². The molecule has 0 saturated carbocycles. The maximum absolute atomic E-state index is 13.2. The first-order chi connectivity index (χ1) is 14.0. The van der Waals surface area contributed by atoms with Crippen molar-refractivity contribution in [3.05, 3.63) is 47.2 Å². The van der Waals surface area contributed by atoms with E-state index < -0.39 is 10.0 Å². The first kappa shape index (κ1) is 18.9. The molecule has 0 amide bonds. The van der Waals surface area contributed by atoms with Crippen molar-refractivity contribution in [2.45, 2.75) is 24.4 Å². The van der Waals surface area contributed by atoms with Crippen molar-refractivity contribution in [3.63, 3.8) is 0 Å². The number of sulfonamides is 1. The van der Waals surface area contributed by atoms with Crippen LogP contribution in [0.15, 0.2) is 47.1 Å². The number of anilines is 1. The van der Waals surface area contributed by atoms with Crippen LogP contribution in [0.2, 0.25) is 5.15 Å². The summed E-state index contributed by atoms with van der Waals surface area (Å²) in [4.78, 5) is 7.13. The van der Waals surface area contributed by atoms with Gasteiger partial charge in [-0.05, 0) is 38.1 Å². The molecule has 1 aromatic carbocycles. The molecule has 0 bridgehead atoms. The summed E-state index contributed by atoms with van der Waals surface area (Å²) < 4.78 is 32.7. The van der Waals surface area contributed by atoms with Crippen molar-refractivity contribution >= 4 is 54.5 Å². The fourth-order valence-electron chi connectivity index (χ4n) is 3.96. The maximum Gasteiger partial charge on any atom is 0.281 e. The first-order valence-corrected chi connectivity index (χ1v) is 12.2. The largest absolute Gasteiger partial charge is 0.344 e. The molecule has 10 heteroatoms. The fraction of sp³-hybridized carbons (Fsp3) is 0.316. The molecule has 7 nitrogen and oxygen atoms in total. The average molecular weight is 450 g/mol. The SMILES string of the molecule is O=S(=O)(Nc1cccc2ccn(CCN3CCCC3)c12)c1c(Cl)nc2sccn12. The Morgan fingerprint density at radius 2 is 1.97 bits per heavy atom. The second-order valence-corrected chi connectivity index (χ2v) is 10.00. The number of aromatic nitrogens is 3. The summed E-state index contributed by atoms with van der Waals surface area (Å²) in [5, 5.41) is 2.71. The van der Waals surface area contributed by atoms with Gasteiger partial charge in [0.05, 0.1) is 11.2 Å². The van der Waals surface area contributed by atoms with E-state index in [9.17, 15) is 8.42 Å². The molecule has 5 rings (SSSR count). The van der Waals surface area contributed by atoms with Gasteiger partial charge in [0, 0.05) is 36.2 Å². The van der Waals surface area contributed by atoms with Gasteiger partial charge in [-0.1, -0.05) is 23.7 Å². The highest BCUT2D eigenvalue weighted by Crippen LogP contribution is 2.30. The number of para-hydroxylation sites is 1. The molecule has 29 heavy (non-hydrogen) atoms. The van der Waals surface area contributed by atoms with Crippen LogP contribution in [-0.4, -0.2) is 46.9 Å². The summed E-state index contributed by atoms with van der Waals surface area (Å²) in [7, 11) is -3.91. The molecule has 0 radical (unpaired) electrons. The summed E-state index contributed by atoms with van der Waals surface area (Å²) in [6.07, 6.45) is 6.18. The molecule has 1 N–H and O–H groups in total. The smallest absolute Gasteiger partial charge is 0.281 e. The van der Waals surface area contributed by atoms with Crippen molar-refractivity contribution in [1.29, 1.82) is 0 Å². The number of nitrogens with zero attached hydrogens (tertiary/aromatic N) is 4. The third kappa shape index (κ3) is 3.42. The maximum atomic E-state index is 13.2. The second kappa shape index (κ2) is 7.32. The quantitative estimate of drug-likeness (QED) is 0.484. The number of nitrogens with one attached hydrogen (secondary N) is 1. The highest BCUT2D eigenvalue weighted by Gasteiger charge is 2.26. The van der Waals surface area contributed by atoms with Crippen LogP contribution in [0.3, 0.4) is 0 Å². The minimum atomic E-state index is -3.91. The van der Waals surface area contributed by atoms with Gasteiger partial charge in [0.25, 0.3) is 10.0 Å². The summed E-state index contributed by atoms with van der Waals surface area (Å²) in [6, 6.07) is 7.64. The molecular weight excluding hydrogens is 430 g/mol. The zero-order valence-electron chi connectivity index (χ0n) is 15.6. The number of imidazole rings is 1. The zero-order valence-corrected chi connectivity index (χ0v) is 18.0. The van der Waals surface area contributed by atoms with E-state index in [1.165, 1.54) is 28.6 Å². The monoisotopic (exact) mass is 449 g/mol. The third-order valence-electron chi connectivity index (χ3n) is 5.32. The molecule has 0 spiro atoms. The molecular formula is C19H20ClN5O2S2. The number of hydrogen-bond acceptors (Lipinski definition) is 5. The van der Waals surface area contributed by atoms with Crippen molar-refractivity contribution < 1.29 is 8.42 Å². The van der Waals surface area contributed by atoms with Gasteiger partial charge in [-0.15, -0.1) is 11.3 Å². The van der Waals surface area contributed by atoms with Gasteiger partial charge < -0.3 is 9.47 Å². The van der Waals surface area contributed by atoms with Crippen LogP contribution in [0.1, 0.15) is 12.8 Å². The lowest BCUT2D eigenvalue weighted by Crippen LogP contribution is -2.24. The number of halogens is 1. The Balaban J connectivity index is 1.50. The van der Waals surface area contributed by atoms with E-state index in [1.807, 2.05) is 24.4 Å². The van der Waals surface area contributed by atoms with Gasteiger partial charge in [0.1, 0.15) is 0 Å². The van der Waals surface area contributed by atoms with Crippen molar-refractivity contribution in [2.24, 2.45) is 0 Å². The Bertz CT molecular complexity index is 1280. The Hall–Kier alpha value is -2.07. The van der Waals surface area contributed by atoms with E-state index >= 15 is 0 Å². The number of hydrogen-bond donors (Lipinski definition) is 1. The Kier molecular flexibility index (Phi) is 4.78. The topological polar surface area (TPSA) is 71.6 Å². The van der Waals surface area contributed by atoms with E-state index in [0.29, 0.717) is 10.6 Å². The van der Waals surface area contributed by atoms with Crippen LogP contribution >= 0.6 is 22.9 Å². The van der Waals surface area contributed by atoms with Gasteiger partial charge in [-0.3, -0.25) is 9.12 Å². The van der Waals surface area contributed by atoms with Gasteiger partial charge >= 0.3 is 0 Å². The number of benzene rings is 1. The predicted octanol–water partition coefficient (Wildman–Crippen LogP) is 3.90. The Morgan fingerprint density at radius 1 is 1.14 bits per heavy atom. The highest BCUT2D eigenvalue weighted by atomic mass is 35.5. The number of fused-ring (bicyclic) bond motifs is 2. The molecule has 0 unspecified atom stereocenters. The average Bonchev–Trinajstić information content (AvgIpc) is 3.43. The molecule has 0 atom stereocenters. The Labute approximate surface area is 177 Å². The van der Waals surface area contributed by atoms with E-state index in [2.05, 4.69) is 19.2 Å². The van der Waals surface area contributed by atoms with E-state index in [-0.39, 0.29) is 10.2 Å². The van der Waals surface area contributed by atoms with E-state index in [4.69, 9.17) is 11.6 Å². The molecule has 4 heterocycles. The molecule has 1 aliphatic rings. The lowest BCUT2D eigenvalue weighted by Gasteiger charge is -2.17. The fourth-order valence-corrected chi connectivity index (χ4v) is 6.48. The van der Waals surface area contributed by atoms with E-state index in [1.54, 1.807) is 17.6 Å². The van der Waals surface area contributed by atoms with Crippen molar-refractivity contribution in [1.82, 2.24) is 18.9 Å². The van der Waals surface area contributed by atoms with Crippen LogP contribution < -0.4 is 4.72 Å². The van der Waals surface area contributed by atoms with Crippen LogP contribution in [0, 0.1) is 0 Å². The molecule has 1 saturated heterocycles. The van der Waals surface area contributed by atoms with Crippen LogP contribution in [-0.2, 0) is 16.6 Å². The van der Waals surface area contributed by atoms with Gasteiger partial charge in [-0.2, -0.15) is 8.42 Å². The molecule has 152 valence electrons. The predicted molar refractivity (Wildman–Crippen MR) is 116 cm³/mol. The molecule has 0 aliphatic carbocycles. The Morgan fingerprint density at radius 3 is 2.79 bits per heavy atom. The third-order valence-corrected chi connectivity index (χ3v) is 7.84. The number of thiazole rings is 1. The minimum absolute atomic E-state index is 0.0269. The second-order valence-electron chi connectivity index (χ2n) is 7.17. The number of rotatable bonds is 6. The highest BCUT2D eigenvalue weighted by molar-refractivity contribution is 7.92. The molecule has 3 aromatic heterocycles. The minimum Gasteiger partial charge on any atom is -0.344 e. The number of likely N-dealkylation sites (tertiary alicyclic amines) is 1.